The van der Waals surface area contributed by atoms with Crippen LogP contribution in [-0.4, -0.2) is 39.5 Å². The fraction of sp³-hybridized carbons (Fsp3) is 0.200. The van der Waals surface area contributed by atoms with Gasteiger partial charge in [-0.15, -0.1) is 0 Å². The molecule has 0 aliphatic heterocycles. The first-order valence-electron chi connectivity index (χ1n) is 5.22. The van der Waals surface area contributed by atoms with Crippen molar-refractivity contribution in [1.29, 1.82) is 0 Å². The molecular formula is C10H11BrN2O6S. The van der Waals surface area contributed by atoms with Crippen molar-refractivity contribution < 1.29 is 27.1 Å². The highest BCUT2D eigenvalue weighted by Crippen LogP contribution is 2.17. The van der Waals surface area contributed by atoms with Crippen LogP contribution in [0.15, 0.2) is 29.0 Å². The molecule has 0 aromatic carbocycles. The molecule has 0 unspecified atom stereocenters. The fourth-order valence-corrected chi connectivity index (χ4v) is 1.78. The van der Waals surface area contributed by atoms with E-state index in [0.29, 0.717) is 17.9 Å². The molecule has 0 aliphatic carbocycles. The summed E-state index contributed by atoms with van der Waals surface area (Å²) in [5.74, 6) is -0.358. The van der Waals surface area contributed by atoms with Gasteiger partial charge in [0.1, 0.15) is 0 Å². The Labute approximate surface area is 123 Å². The lowest BCUT2D eigenvalue weighted by Crippen LogP contribution is -2.07. The molecule has 10 heteroatoms. The van der Waals surface area contributed by atoms with Crippen molar-refractivity contribution in [3.8, 4) is 0 Å². The number of fused-ring (bicyclic) bond motifs is 1. The highest BCUT2D eigenvalue weighted by Gasteiger charge is 2.13. The molecular weight excluding hydrogens is 356 g/mol. The molecule has 8 nitrogen and oxygen atoms in total. The van der Waals surface area contributed by atoms with E-state index in [9.17, 15) is 4.79 Å². The minimum Gasteiger partial charge on any atom is -0.461 e. The summed E-state index contributed by atoms with van der Waals surface area (Å²) in [6.45, 7) is 2.14. The number of ether oxygens (including phenoxy) is 1. The van der Waals surface area contributed by atoms with Crippen molar-refractivity contribution in [2.24, 2.45) is 0 Å². The molecule has 0 spiro atoms. The van der Waals surface area contributed by atoms with E-state index < -0.39 is 10.4 Å². The van der Waals surface area contributed by atoms with Crippen LogP contribution in [0.1, 0.15) is 17.4 Å². The highest BCUT2D eigenvalue weighted by atomic mass is 79.9. The maximum Gasteiger partial charge on any atom is 0.394 e. The van der Waals surface area contributed by atoms with Crippen LogP contribution in [0.25, 0.3) is 5.65 Å². The van der Waals surface area contributed by atoms with Gasteiger partial charge in [0.2, 0.25) is 0 Å². The Morgan fingerprint density at radius 3 is 2.65 bits per heavy atom. The average Bonchev–Trinajstić information content (AvgIpc) is 2.72. The van der Waals surface area contributed by atoms with Gasteiger partial charge in [-0.25, -0.2) is 9.78 Å². The van der Waals surface area contributed by atoms with E-state index in [1.54, 1.807) is 17.5 Å². The number of hydrogen-bond acceptors (Lipinski definition) is 5. The standard InChI is InChI=1S/C10H9BrN2O2.H2O4S/c1-2-15-10(14)8-6-12-9-7(11)4-3-5-13(8)9;1-5(2,3)4/h3-6H,2H2,1H3;(H2,1,2,3,4). The number of esters is 1. The Kier molecular flexibility index (Phi) is 5.62. The SMILES string of the molecule is CCOC(=O)c1cnc2c(Br)cccn12.O=S(=O)(O)O. The summed E-state index contributed by atoms with van der Waals surface area (Å²) in [5.41, 5.74) is 1.15. The molecule has 0 bridgehead atoms. The molecule has 2 aromatic heterocycles. The van der Waals surface area contributed by atoms with Crippen LogP contribution in [0.5, 0.6) is 0 Å². The lowest BCUT2D eigenvalue weighted by atomic mass is 10.4. The van der Waals surface area contributed by atoms with E-state index in [1.807, 2.05) is 12.1 Å². The minimum absolute atomic E-state index is 0.358. The molecule has 0 saturated carbocycles. The van der Waals surface area contributed by atoms with Crippen molar-refractivity contribution in [3.63, 3.8) is 0 Å². The minimum atomic E-state index is -4.67. The van der Waals surface area contributed by atoms with Gasteiger partial charge in [-0.1, -0.05) is 0 Å². The number of carbonyl (C=O) groups excluding carboxylic acids is 1. The Hall–Kier alpha value is -1.49. The molecule has 0 aliphatic rings. The van der Waals surface area contributed by atoms with Crippen molar-refractivity contribution in [1.82, 2.24) is 9.38 Å². The summed E-state index contributed by atoms with van der Waals surface area (Å²) in [7, 11) is -4.67. The summed E-state index contributed by atoms with van der Waals surface area (Å²) in [6.07, 6.45) is 3.29. The maximum atomic E-state index is 11.5. The predicted molar refractivity (Wildman–Crippen MR) is 73.0 cm³/mol. The van der Waals surface area contributed by atoms with Crippen LogP contribution in [0, 0.1) is 0 Å². The fourth-order valence-electron chi connectivity index (χ4n) is 1.33. The van der Waals surface area contributed by atoms with Gasteiger partial charge in [0.05, 0.1) is 17.3 Å². The second-order valence-corrected chi connectivity index (χ2v) is 5.11. The second-order valence-electron chi connectivity index (χ2n) is 3.36. The van der Waals surface area contributed by atoms with E-state index in [-0.39, 0.29) is 5.97 Å². The van der Waals surface area contributed by atoms with Crippen LogP contribution in [0.3, 0.4) is 0 Å². The van der Waals surface area contributed by atoms with Crippen LogP contribution in [-0.2, 0) is 15.1 Å². The molecule has 0 atom stereocenters. The molecule has 2 heterocycles. The van der Waals surface area contributed by atoms with Gasteiger partial charge in [0, 0.05) is 6.20 Å². The first-order chi connectivity index (χ1) is 9.24. The van der Waals surface area contributed by atoms with E-state index in [2.05, 4.69) is 20.9 Å². The van der Waals surface area contributed by atoms with Crippen LogP contribution in [0.2, 0.25) is 0 Å². The number of rotatable bonds is 2. The van der Waals surface area contributed by atoms with Gasteiger partial charge in [-0.3, -0.25) is 13.5 Å². The lowest BCUT2D eigenvalue weighted by Gasteiger charge is -2.01. The third-order valence-electron chi connectivity index (χ3n) is 1.97. The predicted octanol–water partition coefficient (Wildman–Crippen LogP) is 1.62. The number of carbonyl (C=O) groups is 1. The smallest absolute Gasteiger partial charge is 0.394 e. The van der Waals surface area contributed by atoms with Gasteiger partial charge in [0.15, 0.2) is 11.3 Å². The number of halogens is 1. The number of aromatic nitrogens is 2. The first kappa shape index (κ1) is 16.6. The largest absolute Gasteiger partial charge is 0.461 e. The second kappa shape index (κ2) is 6.79. The maximum absolute atomic E-state index is 11.5. The molecule has 20 heavy (non-hydrogen) atoms. The van der Waals surface area contributed by atoms with E-state index in [4.69, 9.17) is 22.3 Å². The topological polar surface area (TPSA) is 118 Å². The van der Waals surface area contributed by atoms with Gasteiger partial charge in [-0.05, 0) is 35.0 Å². The van der Waals surface area contributed by atoms with Gasteiger partial charge in [-0.2, -0.15) is 8.42 Å². The molecule has 0 amide bonds. The van der Waals surface area contributed by atoms with E-state index in [1.165, 1.54) is 6.20 Å². The molecule has 0 radical (unpaired) electrons. The van der Waals surface area contributed by atoms with Crippen LogP contribution < -0.4 is 0 Å². The monoisotopic (exact) mass is 366 g/mol. The van der Waals surface area contributed by atoms with E-state index in [0.717, 1.165) is 4.47 Å². The van der Waals surface area contributed by atoms with Crippen molar-refractivity contribution in [2.45, 2.75) is 6.92 Å². The molecule has 2 aromatic rings. The van der Waals surface area contributed by atoms with Gasteiger partial charge < -0.3 is 4.74 Å². The van der Waals surface area contributed by atoms with Gasteiger partial charge in [0.25, 0.3) is 0 Å². The van der Waals surface area contributed by atoms with Crippen molar-refractivity contribution in [2.75, 3.05) is 6.61 Å². The summed E-state index contributed by atoms with van der Waals surface area (Å²) < 4.78 is 39.0. The summed E-state index contributed by atoms with van der Waals surface area (Å²) in [5, 5.41) is 0. The molecule has 2 N–H and O–H groups in total. The Balaban J connectivity index is 0.000000347. The summed E-state index contributed by atoms with van der Waals surface area (Å²) >= 11 is 3.36. The Morgan fingerprint density at radius 2 is 2.10 bits per heavy atom. The lowest BCUT2D eigenvalue weighted by molar-refractivity contribution is 0.0518. The zero-order chi connectivity index (χ0) is 15.3. The normalized spacial score (nSPS) is 10.8. The quantitative estimate of drug-likeness (QED) is 0.612. The number of imidazole rings is 1. The number of nitrogens with zero attached hydrogens (tertiary/aromatic N) is 2. The third kappa shape index (κ3) is 4.89. The zero-order valence-corrected chi connectivity index (χ0v) is 12.6. The zero-order valence-electron chi connectivity index (χ0n) is 10.2. The van der Waals surface area contributed by atoms with Crippen LogP contribution >= 0.6 is 15.9 Å². The third-order valence-corrected chi connectivity index (χ3v) is 2.59. The van der Waals surface area contributed by atoms with Crippen molar-refractivity contribution >= 4 is 37.9 Å². The van der Waals surface area contributed by atoms with Crippen LogP contribution in [0.4, 0.5) is 0 Å². The number of pyridine rings is 1. The van der Waals surface area contributed by atoms with Crippen molar-refractivity contribution in [3.05, 3.63) is 34.7 Å². The average molecular weight is 367 g/mol. The summed E-state index contributed by atoms with van der Waals surface area (Å²) in [6, 6.07) is 3.71. The molecule has 0 saturated heterocycles. The molecule has 0 fully saturated rings. The molecule has 2 rings (SSSR count). The highest BCUT2D eigenvalue weighted by molar-refractivity contribution is 9.10. The number of hydrogen-bond donors (Lipinski definition) is 2. The molecule has 110 valence electrons. The summed E-state index contributed by atoms with van der Waals surface area (Å²) in [4.78, 5) is 15.7. The van der Waals surface area contributed by atoms with Gasteiger partial charge >= 0.3 is 16.4 Å². The Morgan fingerprint density at radius 1 is 1.50 bits per heavy atom. The van der Waals surface area contributed by atoms with E-state index >= 15 is 0 Å². The first-order valence-corrected chi connectivity index (χ1v) is 7.41. The Bertz CT molecular complexity index is 704.